The van der Waals surface area contributed by atoms with Gasteiger partial charge < -0.3 is 19.3 Å². The van der Waals surface area contributed by atoms with Crippen molar-refractivity contribution in [3.63, 3.8) is 0 Å². The molecule has 3 rings (SSSR count). The van der Waals surface area contributed by atoms with Gasteiger partial charge in [0.15, 0.2) is 6.61 Å². The molecule has 0 fully saturated rings. The third kappa shape index (κ3) is 8.49. The topological polar surface area (TPSA) is 59.1 Å². The molecule has 0 atom stereocenters. The maximum atomic E-state index is 13.5. The molecule has 8 heteroatoms. The van der Waals surface area contributed by atoms with E-state index in [-0.39, 0.29) is 30.8 Å². The second kappa shape index (κ2) is 13.6. The van der Waals surface area contributed by atoms with Gasteiger partial charge in [-0.1, -0.05) is 30.3 Å². The van der Waals surface area contributed by atoms with E-state index in [9.17, 15) is 14.0 Å². The maximum Gasteiger partial charge on any atom is 0.260 e. The standard InChI is InChI=1S/C27H31FN2O4S/c1-21-13-16-35-25(21)18-30(17-22-9-11-23(28)12-10-22)26(31)19-29(14-6-15-33-2)27(32)20-34-24-7-4-3-5-8-24/h3-5,7-13,16H,6,14-15,17-20H2,1-2H3. The average molecular weight is 499 g/mol. The number of amides is 2. The Bertz CT molecular complexity index is 1070. The van der Waals surface area contributed by atoms with E-state index in [2.05, 4.69) is 0 Å². The van der Waals surface area contributed by atoms with E-state index in [4.69, 9.17) is 9.47 Å². The first-order chi connectivity index (χ1) is 17.0. The van der Waals surface area contributed by atoms with E-state index in [0.29, 0.717) is 38.4 Å². The zero-order chi connectivity index (χ0) is 25.0. The number of aryl methyl sites for hydroxylation is 1. The molecule has 0 bridgehead atoms. The molecule has 1 heterocycles. The third-order valence-corrected chi connectivity index (χ3v) is 6.51. The average Bonchev–Trinajstić information content (AvgIpc) is 3.27. The van der Waals surface area contributed by atoms with Gasteiger partial charge in [0.2, 0.25) is 5.91 Å². The molecule has 3 aromatic rings. The largest absolute Gasteiger partial charge is 0.484 e. The third-order valence-electron chi connectivity index (χ3n) is 5.50. The molecule has 0 unspecified atom stereocenters. The molecule has 6 nitrogen and oxygen atoms in total. The van der Waals surface area contributed by atoms with Crippen molar-refractivity contribution in [2.45, 2.75) is 26.4 Å². The number of thiophene rings is 1. The van der Waals surface area contributed by atoms with Gasteiger partial charge in [0.25, 0.3) is 5.91 Å². The quantitative estimate of drug-likeness (QED) is 0.322. The van der Waals surface area contributed by atoms with Crippen LogP contribution in [0.4, 0.5) is 4.39 Å². The minimum Gasteiger partial charge on any atom is -0.484 e. The number of para-hydroxylation sites is 1. The molecule has 0 N–H and O–H groups in total. The molecular formula is C27H31FN2O4S. The zero-order valence-corrected chi connectivity index (χ0v) is 20.9. The van der Waals surface area contributed by atoms with Crippen LogP contribution >= 0.6 is 11.3 Å². The van der Waals surface area contributed by atoms with Crippen LogP contribution in [-0.2, 0) is 27.4 Å². The molecule has 0 saturated carbocycles. The number of hydrogen-bond donors (Lipinski definition) is 0. The molecule has 1 aromatic heterocycles. The van der Waals surface area contributed by atoms with E-state index < -0.39 is 0 Å². The highest BCUT2D eigenvalue weighted by atomic mass is 32.1. The highest BCUT2D eigenvalue weighted by Gasteiger charge is 2.23. The smallest absolute Gasteiger partial charge is 0.260 e. The van der Waals surface area contributed by atoms with Crippen molar-refractivity contribution in [3.05, 3.63) is 87.9 Å². The number of halogens is 1. The summed E-state index contributed by atoms with van der Waals surface area (Å²) in [7, 11) is 1.60. The number of carbonyl (C=O) groups excluding carboxylic acids is 2. The van der Waals surface area contributed by atoms with Gasteiger partial charge in [-0.15, -0.1) is 11.3 Å². The first-order valence-corrected chi connectivity index (χ1v) is 12.3. The van der Waals surface area contributed by atoms with Crippen molar-refractivity contribution in [2.75, 3.05) is 33.4 Å². The fourth-order valence-corrected chi connectivity index (χ4v) is 4.41. The van der Waals surface area contributed by atoms with E-state index in [1.54, 1.807) is 47.6 Å². The summed E-state index contributed by atoms with van der Waals surface area (Å²) in [5.74, 6) is -0.191. The fraction of sp³-hybridized carbons (Fsp3) is 0.333. The first kappa shape index (κ1) is 26.4. The predicted molar refractivity (Wildman–Crippen MR) is 135 cm³/mol. The molecule has 186 valence electrons. The second-order valence-electron chi connectivity index (χ2n) is 8.17. The Hall–Kier alpha value is -3.23. The lowest BCUT2D eigenvalue weighted by atomic mass is 10.2. The Morgan fingerprint density at radius 3 is 2.34 bits per heavy atom. The van der Waals surface area contributed by atoms with E-state index in [0.717, 1.165) is 16.0 Å². The van der Waals surface area contributed by atoms with Crippen LogP contribution in [0.5, 0.6) is 5.75 Å². The molecule has 35 heavy (non-hydrogen) atoms. The lowest BCUT2D eigenvalue weighted by Gasteiger charge is -2.28. The normalized spacial score (nSPS) is 10.7. The van der Waals surface area contributed by atoms with Gasteiger partial charge in [0, 0.05) is 31.7 Å². The summed E-state index contributed by atoms with van der Waals surface area (Å²) in [5.41, 5.74) is 1.93. The van der Waals surface area contributed by atoms with Crippen molar-refractivity contribution < 1.29 is 23.5 Å². The van der Waals surface area contributed by atoms with Crippen LogP contribution in [-0.4, -0.2) is 55.0 Å². The SMILES string of the molecule is COCCCN(CC(=O)N(Cc1ccc(F)cc1)Cc1sccc1C)C(=O)COc1ccccc1. The monoisotopic (exact) mass is 498 g/mol. The van der Waals surface area contributed by atoms with Crippen molar-refractivity contribution in [1.82, 2.24) is 9.80 Å². The number of nitrogens with zero attached hydrogens (tertiary/aromatic N) is 2. The van der Waals surface area contributed by atoms with Crippen molar-refractivity contribution in [1.29, 1.82) is 0 Å². The van der Waals surface area contributed by atoms with E-state index >= 15 is 0 Å². The summed E-state index contributed by atoms with van der Waals surface area (Å²) >= 11 is 1.59. The first-order valence-electron chi connectivity index (χ1n) is 11.5. The summed E-state index contributed by atoms with van der Waals surface area (Å²) in [6.07, 6.45) is 0.600. The second-order valence-corrected chi connectivity index (χ2v) is 9.17. The fourth-order valence-electron chi connectivity index (χ4n) is 3.49. The summed E-state index contributed by atoms with van der Waals surface area (Å²) < 4.78 is 24.2. The zero-order valence-electron chi connectivity index (χ0n) is 20.1. The highest BCUT2D eigenvalue weighted by Crippen LogP contribution is 2.20. The molecule has 0 aliphatic rings. The summed E-state index contributed by atoms with van der Waals surface area (Å²) in [4.78, 5) is 30.8. The minimum absolute atomic E-state index is 0.0771. The maximum absolute atomic E-state index is 13.5. The number of methoxy groups -OCH3 is 1. The van der Waals surface area contributed by atoms with Crippen molar-refractivity contribution in [2.24, 2.45) is 0 Å². The Labute approximate surface area is 209 Å². The van der Waals surface area contributed by atoms with Gasteiger partial charge in [0.1, 0.15) is 11.6 Å². The highest BCUT2D eigenvalue weighted by molar-refractivity contribution is 7.10. The van der Waals surface area contributed by atoms with Gasteiger partial charge in [-0.05, 0) is 60.2 Å². The Morgan fingerprint density at radius 2 is 1.69 bits per heavy atom. The van der Waals surface area contributed by atoms with Crippen LogP contribution in [0.3, 0.4) is 0 Å². The van der Waals surface area contributed by atoms with Crippen LogP contribution in [0, 0.1) is 12.7 Å². The molecule has 2 amide bonds. The van der Waals surface area contributed by atoms with Crippen LogP contribution in [0.1, 0.15) is 22.4 Å². The van der Waals surface area contributed by atoms with Crippen molar-refractivity contribution >= 4 is 23.2 Å². The summed E-state index contributed by atoms with van der Waals surface area (Å²) in [6, 6.07) is 17.2. The summed E-state index contributed by atoms with van der Waals surface area (Å²) in [5, 5.41) is 1.99. The van der Waals surface area contributed by atoms with Gasteiger partial charge in [-0.25, -0.2) is 4.39 Å². The lowest BCUT2D eigenvalue weighted by Crippen LogP contribution is -2.44. The molecule has 0 saturated heterocycles. The van der Waals surface area contributed by atoms with Crippen LogP contribution < -0.4 is 4.74 Å². The predicted octanol–water partition coefficient (Wildman–Crippen LogP) is 4.67. The molecule has 0 radical (unpaired) electrons. The van der Waals surface area contributed by atoms with Crippen molar-refractivity contribution in [3.8, 4) is 5.75 Å². The number of rotatable bonds is 13. The lowest BCUT2D eigenvalue weighted by molar-refractivity contribution is -0.142. The van der Waals surface area contributed by atoms with Crippen LogP contribution in [0.15, 0.2) is 66.0 Å². The molecule has 0 aliphatic heterocycles. The number of benzene rings is 2. The van der Waals surface area contributed by atoms with Gasteiger partial charge in [-0.3, -0.25) is 9.59 Å². The van der Waals surface area contributed by atoms with E-state index in [1.165, 1.54) is 17.0 Å². The summed E-state index contributed by atoms with van der Waals surface area (Å²) in [6.45, 7) is 3.36. The van der Waals surface area contributed by atoms with Crippen LogP contribution in [0.2, 0.25) is 0 Å². The molecule has 0 spiro atoms. The van der Waals surface area contributed by atoms with E-state index in [1.807, 2.05) is 36.6 Å². The Morgan fingerprint density at radius 1 is 0.943 bits per heavy atom. The Balaban J connectivity index is 1.72. The van der Waals surface area contributed by atoms with Crippen LogP contribution in [0.25, 0.3) is 0 Å². The molecule has 0 aliphatic carbocycles. The number of ether oxygens (including phenoxy) is 2. The van der Waals surface area contributed by atoms with Gasteiger partial charge in [-0.2, -0.15) is 0 Å². The molecule has 2 aromatic carbocycles. The van der Waals surface area contributed by atoms with Gasteiger partial charge in [0.05, 0.1) is 13.1 Å². The molecular weight excluding hydrogens is 467 g/mol. The Kier molecular flexibility index (Phi) is 10.3. The van der Waals surface area contributed by atoms with Gasteiger partial charge >= 0.3 is 0 Å². The number of carbonyl (C=O) groups is 2. The number of hydrogen-bond acceptors (Lipinski definition) is 5. The minimum atomic E-state index is -0.325.